The van der Waals surface area contributed by atoms with Gasteiger partial charge in [0.2, 0.25) is 0 Å². The molecule has 0 heterocycles. The number of hydrogen-bond donors (Lipinski definition) is 0. The van der Waals surface area contributed by atoms with Gasteiger partial charge in [-0.1, -0.05) is 28.8 Å². The highest BCUT2D eigenvalue weighted by Crippen LogP contribution is 2.27. The first-order chi connectivity index (χ1) is 9.70. The van der Waals surface area contributed by atoms with Gasteiger partial charge in [0.05, 0.1) is 7.11 Å². The third-order valence-corrected chi connectivity index (χ3v) is 5.05. The van der Waals surface area contributed by atoms with Crippen LogP contribution in [0, 0.1) is 0 Å². The SMILES string of the molecule is COc1ccc(OCCN(C)C2CCCCC2Br)cc1. The van der Waals surface area contributed by atoms with Gasteiger partial charge in [0, 0.05) is 17.4 Å². The second kappa shape index (κ2) is 7.89. The molecule has 0 N–H and O–H groups in total. The minimum absolute atomic E-state index is 0.627. The number of nitrogens with zero attached hydrogens (tertiary/aromatic N) is 1. The van der Waals surface area contributed by atoms with Gasteiger partial charge >= 0.3 is 0 Å². The summed E-state index contributed by atoms with van der Waals surface area (Å²) in [4.78, 5) is 3.05. The van der Waals surface area contributed by atoms with Crippen molar-refractivity contribution in [2.45, 2.75) is 36.6 Å². The molecule has 0 radical (unpaired) electrons. The van der Waals surface area contributed by atoms with Crippen molar-refractivity contribution in [1.29, 1.82) is 0 Å². The lowest BCUT2D eigenvalue weighted by atomic mass is 9.94. The van der Waals surface area contributed by atoms with Gasteiger partial charge in [-0.15, -0.1) is 0 Å². The summed E-state index contributed by atoms with van der Waals surface area (Å²) in [5.74, 6) is 1.76. The lowest BCUT2D eigenvalue weighted by molar-refractivity contribution is 0.166. The van der Waals surface area contributed by atoms with Crippen LogP contribution in [0.15, 0.2) is 24.3 Å². The number of hydrogen-bond acceptors (Lipinski definition) is 3. The largest absolute Gasteiger partial charge is 0.497 e. The number of alkyl halides is 1. The number of halogens is 1. The second-order valence-electron chi connectivity index (χ2n) is 5.37. The molecule has 2 unspecified atom stereocenters. The van der Waals surface area contributed by atoms with Gasteiger partial charge in [0.15, 0.2) is 0 Å². The van der Waals surface area contributed by atoms with Gasteiger partial charge < -0.3 is 9.47 Å². The molecule has 1 aromatic rings. The Morgan fingerprint density at radius 3 is 2.45 bits per heavy atom. The molecule has 0 aromatic heterocycles. The maximum atomic E-state index is 5.79. The first-order valence-corrected chi connectivity index (χ1v) is 8.23. The van der Waals surface area contributed by atoms with E-state index >= 15 is 0 Å². The molecule has 0 saturated heterocycles. The van der Waals surface area contributed by atoms with E-state index in [1.165, 1.54) is 25.7 Å². The normalized spacial score (nSPS) is 22.8. The zero-order valence-electron chi connectivity index (χ0n) is 12.3. The maximum absolute atomic E-state index is 5.79. The summed E-state index contributed by atoms with van der Waals surface area (Å²) in [6.07, 6.45) is 5.27. The van der Waals surface area contributed by atoms with Crippen LogP contribution in [0.5, 0.6) is 11.5 Å². The van der Waals surface area contributed by atoms with E-state index in [-0.39, 0.29) is 0 Å². The Hall–Kier alpha value is -0.740. The average molecular weight is 342 g/mol. The molecule has 3 nitrogen and oxygen atoms in total. The molecule has 1 fully saturated rings. The fourth-order valence-corrected chi connectivity index (χ4v) is 3.70. The first-order valence-electron chi connectivity index (χ1n) is 7.32. The number of benzene rings is 1. The summed E-state index contributed by atoms with van der Waals surface area (Å²) in [5, 5.41) is 0. The average Bonchev–Trinajstić information content (AvgIpc) is 2.48. The Labute approximate surface area is 130 Å². The maximum Gasteiger partial charge on any atom is 0.119 e. The molecule has 2 rings (SSSR count). The molecule has 4 heteroatoms. The van der Waals surface area contributed by atoms with Crippen molar-refractivity contribution in [3.63, 3.8) is 0 Å². The minimum Gasteiger partial charge on any atom is -0.497 e. The van der Waals surface area contributed by atoms with E-state index in [4.69, 9.17) is 9.47 Å². The highest BCUT2D eigenvalue weighted by Gasteiger charge is 2.25. The van der Waals surface area contributed by atoms with Crippen LogP contribution >= 0.6 is 15.9 Å². The van der Waals surface area contributed by atoms with Crippen molar-refractivity contribution in [2.24, 2.45) is 0 Å². The van der Waals surface area contributed by atoms with Crippen molar-refractivity contribution in [3.05, 3.63) is 24.3 Å². The molecule has 1 aliphatic rings. The van der Waals surface area contributed by atoms with Gasteiger partial charge in [-0.25, -0.2) is 0 Å². The summed E-state index contributed by atoms with van der Waals surface area (Å²) in [5.41, 5.74) is 0. The molecule has 2 atom stereocenters. The van der Waals surface area contributed by atoms with Crippen LogP contribution in [0.25, 0.3) is 0 Å². The van der Waals surface area contributed by atoms with Crippen LogP contribution in [0.2, 0.25) is 0 Å². The molecule has 1 aromatic carbocycles. The van der Waals surface area contributed by atoms with Gasteiger partial charge in [0.25, 0.3) is 0 Å². The summed E-state index contributed by atoms with van der Waals surface area (Å²) in [6, 6.07) is 8.39. The number of ether oxygens (including phenoxy) is 2. The van der Waals surface area contributed by atoms with E-state index in [1.807, 2.05) is 24.3 Å². The van der Waals surface area contributed by atoms with Gasteiger partial charge in [-0.2, -0.15) is 0 Å². The van der Waals surface area contributed by atoms with E-state index in [1.54, 1.807) is 7.11 Å². The summed E-state index contributed by atoms with van der Waals surface area (Å²) >= 11 is 3.81. The van der Waals surface area contributed by atoms with Gasteiger partial charge in [-0.3, -0.25) is 4.90 Å². The molecule has 1 aliphatic carbocycles. The van der Waals surface area contributed by atoms with E-state index < -0.39 is 0 Å². The molecule has 112 valence electrons. The predicted octanol–water partition coefficient (Wildman–Crippen LogP) is 3.71. The van der Waals surface area contributed by atoms with Crippen molar-refractivity contribution < 1.29 is 9.47 Å². The zero-order valence-corrected chi connectivity index (χ0v) is 13.9. The standard InChI is InChI=1S/C16H24BrNO2/c1-18(16-6-4-3-5-15(16)17)11-12-20-14-9-7-13(19-2)8-10-14/h7-10,15-16H,3-6,11-12H2,1-2H3. The van der Waals surface area contributed by atoms with E-state index in [0.717, 1.165) is 24.7 Å². The van der Waals surface area contributed by atoms with Crippen LogP contribution in [0.4, 0.5) is 0 Å². The number of rotatable bonds is 6. The topological polar surface area (TPSA) is 21.7 Å². The Kier molecular flexibility index (Phi) is 6.17. The Morgan fingerprint density at radius 2 is 1.80 bits per heavy atom. The highest BCUT2D eigenvalue weighted by molar-refractivity contribution is 9.09. The van der Waals surface area contributed by atoms with Crippen LogP contribution in [-0.2, 0) is 0 Å². The van der Waals surface area contributed by atoms with Crippen molar-refractivity contribution >= 4 is 15.9 Å². The first kappa shape index (κ1) is 15.6. The fourth-order valence-electron chi connectivity index (χ4n) is 2.71. The fraction of sp³-hybridized carbons (Fsp3) is 0.625. The Balaban J connectivity index is 1.74. The van der Waals surface area contributed by atoms with Crippen molar-refractivity contribution in [3.8, 4) is 11.5 Å². The van der Waals surface area contributed by atoms with Crippen molar-refractivity contribution in [2.75, 3.05) is 27.3 Å². The van der Waals surface area contributed by atoms with E-state index in [9.17, 15) is 0 Å². The molecule has 0 aliphatic heterocycles. The predicted molar refractivity (Wildman–Crippen MR) is 86.1 cm³/mol. The van der Waals surface area contributed by atoms with E-state index in [0.29, 0.717) is 10.9 Å². The van der Waals surface area contributed by atoms with Crippen molar-refractivity contribution in [1.82, 2.24) is 4.90 Å². The summed E-state index contributed by atoms with van der Waals surface area (Å²) in [7, 11) is 3.87. The van der Waals surface area contributed by atoms with Gasteiger partial charge in [0.1, 0.15) is 18.1 Å². The molecule has 0 amide bonds. The quantitative estimate of drug-likeness (QED) is 0.736. The smallest absolute Gasteiger partial charge is 0.119 e. The third kappa shape index (κ3) is 4.38. The second-order valence-corrected chi connectivity index (χ2v) is 6.55. The summed E-state index contributed by atoms with van der Waals surface area (Å²) in [6.45, 7) is 1.68. The molecular formula is C16H24BrNO2. The monoisotopic (exact) mass is 341 g/mol. The molecule has 0 bridgehead atoms. The lowest BCUT2D eigenvalue weighted by Crippen LogP contribution is -2.42. The Morgan fingerprint density at radius 1 is 1.15 bits per heavy atom. The van der Waals surface area contributed by atoms with Gasteiger partial charge in [-0.05, 0) is 44.2 Å². The van der Waals surface area contributed by atoms with Crippen LogP contribution < -0.4 is 9.47 Å². The summed E-state index contributed by atoms with van der Waals surface area (Å²) < 4.78 is 10.9. The highest BCUT2D eigenvalue weighted by atomic mass is 79.9. The van der Waals surface area contributed by atoms with E-state index in [2.05, 4.69) is 27.9 Å². The molecular weight excluding hydrogens is 318 g/mol. The van der Waals surface area contributed by atoms with Crippen LogP contribution in [-0.4, -0.2) is 43.1 Å². The lowest BCUT2D eigenvalue weighted by Gasteiger charge is -2.35. The number of methoxy groups -OCH3 is 1. The Bertz CT molecular complexity index is 396. The molecule has 0 spiro atoms. The zero-order chi connectivity index (χ0) is 14.4. The van der Waals surface area contributed by atoms with Crippen LogP contribution in [0.1, 0.15) is 25.7 Å². The minimum atomic E-state index is 0.627. The van der Waals surface area contributed by atoms with Crippen LogP contribution in [0.3, 0.4) is 0 Å². The molecule has 1 saturated carbocycles. The number of likely N-dealkylation sites (N-methyl/N-ethyl adjacent to an activating group) is 1. The molecule has 20 heavy (non-hydrogen) atoms. The third-order valence-electron chi connectivity index (χ3n) is 3.99.